The summed E-state index contributed by atoms with van der Waals surface area (Å²) in [5, 5.41) is 10.6. The number of rotatable bonds is 7. The normalized spacial score (nSPS) is 10.5. The highest BCUT2D eigenvalue weighted by molar-refractivity contribution is 9.10. The average Bonchev–Trinajstić information content (AvgIpc) is 2.80. The van der Waals surface area contributed by atoms with Gasteiger partial charge in [0.15, 0.2) is 17.2 Å². The number of aromatic nitrogens is 2. The van der Waals surface area contributed by atoms with E-state index in [1.165, 1.54) is 6.33 Å². The molecule has 0 aliphatic rings. The Bertz CT molecular complexity index is 1180. The van der Waals surface area contributed by atoms with E-state index >= 15 is 0 Å². The predicted molar refractivity (Wildman–Crippen MR) is 121 cm³/mol. The Labute approximate surface area is 188 Å². The van der Waals surface area contributed by atoms with E-state index in [4.69, 9.17) is 14.2 Å². The number of benzene rings is 3. The lowest BCUT2D eigenvalue weighted by Crippen LogP contribution is -1.97. The van der Waals surface area contributed by atoms with Gasteiger partial charge in [-0.2, -0.15) is 0 Å². The fraction of sp³-hybridized carbons (Fsp3) is 0.0833. The van der Waals surface area contributed by atoms with Crippen LogP contribution in [0.4, 0.5) is 0 Å². The summed E-state index contributed by atoms with van der Waals surface area (Å²) in [4.78, 5) is 8.36. The summed E-state index contributed by atoms with van der Waals surface area (Å²) in [5.41, 5.74) is 1.98. The first-order valence-electron chi connectivity index (χ1n) is 9.45. The van der Waals surface area contributed by atoms with Crippen molar-refractivity contribution in [2.24, 2.45) is 0 Å². The standard InChI is InChI=1S/C24H19BrN2O4/c1-29-21-4-2-3-5-22(21)31-23-13-26-15-27-24(23)19-11-10-18(12-20(19)28)30-14-16-6-8-17(25)9-7-16/h2-13,15,28H,14H2,1H3. The van der Waals surface area contributed by atoms with Gasteiger partial charge in [-0.15, -0.1) is 0 Å². The first-order chi connectivity index (χ1) is 15.1. The molecule has 7 heteroatoms. The summed E-state index contributed by atoms with van der Waals surface area (Å²) in [6.07, 6.45) is 2.95. The maximum atomic E-state index is 10.6. The molecule has 0 saturated carbocycles. The van der Waals surface area contributed by atoms with E-state index in [1.54, 1.807) is 43.6 Å². The van der Waals surface area contributed by atoms with E-state index in [0.29, 0.717) is 40.9 Å². The molecule has 0 fully saturated rings. The van der Waals surface area contributed by atoms with Crippen molar-refractivity contribution in [1.29, 1.82) is 0 Å². The molecule has 0 aliphatic carbocycles. The first kappa shape index (κ1) is 20.7. The van der Waals surface area contributed by atoms with Gasteiger partial charge in [0.1, 0.15) is 30.1 Å². The molecule has 3 aromatic carbocycles. The van der Waals surface area contributed by atoms with Gasteiger partial charge in [0, 0.05) is 16.1 Å². The molecule has 0 aliphatic heterocycles. The average molecular weight is 479 g/mol. The van der Waals surface area contributed by atoms with Crippen molar-refractivity contribution in [3.63, 3.8) is 0 Å². The number of methoxy groups -OCH3 is 1. The van der Waals surface area contributed by atoms with Gasteiger partial charge in [0.2, 0.25) is 0 Å². The van der Waals surface area contributed by atoms with Crippen LogP contribution < -0.4 is 14.2 Å². The summed E-state index contributed by atoms with van der Waals surface area (Å²) in [6, 6.07) is 20.2. The lowest BCUT2D eigenvalue weighted by atomic mass is 10.1. The third kappa shape index (κ3) is 4.95. The minimum absolute atomic E-state index is 0.0249. The number of nitrogens with zero attached hydrogens (tertiary/aromatic N) is 2. The van der Waals surface area contributed by atoms with Crippen LogP contribution >= 0.6 is 15.9 Å². The van der Waals surface area contributed by atoms with Gasteiger partial charge in [0.05, 0.1) is 13.3 Å². The number of ether oxygens (including phenoxy) is 3. The second kappa shape index (κ2) is 9.49. The molecule has 0 saturated heterocycles. The Balaban J connectivity index is 1.56. The molecular weight excluding hydrogens is 460 g/mol. The lowest BCUT2D eigenvalue weighted by molar-refractivity contribution is 0.304. The molecule has 4 aromatic rings. The van der Waals surface area contributed by atoms with E-state index in [1.807, 2.05) is 36.4 Å². The third-order valence-corrected chi connectivity index (χ3v) is 5.04. The highest BCUT2D eigenvalue weighted by atomic mass is 79.9. The van der Waals surface area contributed by atoms with Gasteiger partial charge in [-0.25, -0.2) is 9.97 Å². The number of hydrogen-bond acceptors (Lipinski definition) is 6. The molecule has 1 aromatic heterocycles. The minimum atomic E-state index is 0.0249. The maximum Gasteiger partial charge on any atom is 0.172 e. The fourth-order valence-corrected chi connectivity index (χ4v) is 3.23. The van der Waals surface area contributed by atoms with E-state index in [2.05, 4.69) is 25.9 Å². The van der Waals surface area contributed by atoms with Crippen LogP contribution in [0.1, 0.15) is 5.56 Å². The van der Waals surface area contributed by atoms with Gasteiger partial charge in [-0.05, 0) is 42.0 Å². The molecule has 1 heterocycles. The number of halogens is 1. The topological polar surface area (TPSA) is 73.7 Å². The number of phenols is 1. The van der Waals surface area contributed by atoms with Crippen LogP contribution in [0.3, 0.4) is 0 Å². The number of aromatic hydroxyl groups is 1. The van der Waals surface area contributed by atoms with Crippen LogP contribution in [0, 0.1) is 0 Å². The van der Waals surface area contributed by atoms with E-state index in [9.17, 15) is 5.11 Å². The van der Waals surface area contributed by atoms with Crippen LogP contribution in [-0.4, -0.2) is 22.2 Å². The van der Waals surface area contributed by atoms with Gasteiger partial charge in [-0.1, -0.05) is 40.2 Å². The van der Waals surface area contributed by atoms with Gasteiger partial charge >= 0.3 is 0 Å². The van der Waals surface area contributed by atoms with Crippen LogP contribution in [0.5, 0.6) is 28.7 Å². The van der Waals surface area contributed by atoms with Crippen molar-refractivity contribution >= 4 is 15.9 Å². The molecule has 0 bridgehead atoms. The Morgan fingerprint density at radius 1 is 0.935 bits per heavy atom. The van der Waals surface area contributed by atoms with Crippen LogP contribution in [0.2, 0.25) is 0 Å². The van der Waals surface area contributed by atoms with E-state index in [0.717, 1.165) is 10.0 Å². The molecule has 0 unspecified atom stereocenters. The zero-order valence-corrected chi connectivity index (χ0v) is 18.2. The second-order valence-electron chi connectivity index (χ2n) is 6.58. The van der Waals surface area contributed by atoms with Crippen molar-refractivity contribution in [3.05, 3.63) is 89.3 Å². The first-order valence-corrected chi connectivity index (χ1v) is 10.2. The number of phenolic OH excluding ortho intramolecular Hbond substituents is 1. The van der Waals surface area contributed by atoms with Crippen molar-refractivity contribution in [2.45, 2.75) is 6.61 Å². The molecular formula is C24H19BrN2O4. The smallest absolute Gasteiger partial charge is 0.172 e. The van der Waals surface area contributed by atoms with Gasteiger partial charge in [-0.3, -0.25) is 0 Å². The highest BCUT2D eigenvalue weighted by Crippen LogP contribution is 2.39. The van der Waals surface area contributed by atoms with Crippen LogP contribution in [0.25, 0.3) is 11.3 Å². The number of para-hydroxylation sites is 2. The van der Waals surface area contributed by atoms with Crippen molar-refractivity contribution in [2.75, 3.05) is 7.11 Å². The monoisotopic (exact) mass is 478 g/mol. The SMILES string of the molecule is COc1ccccc1Oc1cncnc1-c1ccc(OCc2ccc(Br)cc2)cc1O. The van der Waals surface area contributed by atoms with Crippen molar-refractivity contribution in [3.8, 4) is 40.0 Å². The largest absolute Gasteiger partial charge is 0.507 e. The summed E-state index contributed by atoms with van der Waals surface area (Å²) in [5.74, 6) is 2.07. The molecule has 31 heavy (non-hydrogen) atoms. The summed E-state index contributed by atoms with van der Waals surface area (Å²) < 4.78 is 18.1. The van der Waals surface area contributed by atoms with E-state index < -0.39 is 0 Å². The molecule has 6 nitrogen and oxygen atoms in total. The Morgan fingerprint density at radius 3 is 2.45 bits per heavy atom. The fourth-order valence-electron chi connectivity index (χ4n) is 2.96. The molecule has 156 valence electrons. The van der Waals surface area contributed by atoms with Gasteiger partial charge in [0.25, 0.3) is 0 Å². The Hall–Kier alpha value is -3.58. The quantitative estimate of drug-likeness (QED) is 0.351. The minimum Gasteiger partial charge on any atom is -0.507 e. The zero-order chi connectivity index (χ0) is 21.6. The van der Waals surface area contributed by atoms with Crippen molar-refractivity contribution < 1.29 is 19.3 Å². The summed E-state index contributed by atoms with van der Waals surface area (Å²) in [7, 11) is 1.57. The van der Waals surface area contributed by atoms with E-state index in [-0.39, 0.29) is 5.75 Å². The predicted octanol–water partition coefficient (Wildman–Crippen LogP) is 5.99. The Morgan fingerprint density at radius 2 is 1.71 bits per heavy atom. The Kier molecular flexibility index (Phi) is 6.33. The summed E-state index contributed by atoms with van der Waals surface area (Å²) in [6.45, 7) is 0.391. The second-order valence-corrected chi connectivity index (χ2v) is 7.50. The van der Waals surface area contributed by atoms with Gasteiger partial charge < -0.3 is 19.3 Å². The van der Waals surface area contributed by atoms with Crippen molar-refractivity contribution in [1.82, 2.24) is 9.97 Å². The number of hydrogen-bond donors (Lipinski definition) is 1. The molecule has 0 radical (unpaired) electrons. The third-order valence-electron chi connectivity index (χ3n) is 4.51. The van der Waals surface area contributed by atoms with Crippen LogP contribution in [0.15, 0.2) is 83.7 Å². The molecule has 0 amide bonds. The molecule has 0 spiro atoms. The van der Waals surface area contributed by atoms with Crippen LogP contribution in [-0.2, 0) is 6.61 Å². The summed E-state index contributed by atoms with van der Waals surface area (Å²) >= 11 is 3.41. The zero-order valence-electron chi connectivity index (χ0n) is 16.7. The molecule has 1 N–H and O–H groups in total. The molecule has 4 rings (SSSR count). The lowest BCUT2D eigenvalue weighted by Gasteiger charge is -2.14. The maximum absolute atomic E-state index is 10.6. The highest BCUT2D eigenvalue weighted by Gasteiger charge is 2.15. The molecule has 0 atom stereocenters.